The molecule has 1 heterocycles. The first kappa shape index (κ1) is 28.2. The van der Waals surface area contributed by atoms with Gasteiger partial charge in [0.2, 0.25) is 0 Å². The van der Waals surface area contributed by atoms with Crippen molar-refractivity contribution in [3.05, 3.63) is 99.2 Å². The summed E-state index contributed by atoms with van der Waals surface area (Å²) in [5, 5.41) is 13.7. The lowest BCUT2D eigenvalue weighted by Crippen LogP contribution is -2.26. The molecule has 1 amide bonds. The van der Waals surface area contributed by atoms with Crippen molar-refractivity contribution in [3.63, 3.8) is 0 Å². The molecular weight excluding hydrogens is 512 g/mol. The zero-order chi connectivity index (χ0) is 28.4. The number of hydrogen-bond donors (Lipinski definition) is 2. The van der Waals surface area contributed by atoms with Crippen LogP contribution in [0.15, 0.2) is 60.7 Å². The van der Waals surface area contributed by atoms with E-state index in [4.69, 9.17) is 16.3 Å². The standard InChI is InChI=1S/C32H35ClN2O4/c1-18(2)23-9-7-10-24(15-23)20(4)34-31(36)25-13-14-28-27(16-25)19(3)21(5)35(28)17-26-11-8-12-29(30(26)33)39-22(6)32(37)38/h7-16,18,20,22H,17H2,1-6H3,(H,34,36)(H,37,38)/t20-,22?/m0/s1. The number of fused-ring (bicyclic) bond motifs is 1. The highest BCUT2D eigenvalue weighted by atomic mass is 35.5. The molecule has 4 rings (SSSR count). The van der Waals surface area contributed by atoms with Gasteiger partial charge in [-0.05, 0) is 80.1 Å². The first-order valence-corrected chi connectivity index (χ1v) is 13.5. The van der Waals surface area contributed by atoms with Crippen molar-refractivity contribution in [3.8, 4) is 5.75 Å². The van der Waals surface area contributed by atoms with E-state index in [0.29, 0.717) is 28.8 Å². The Bertz CT molecular complexity index is 1540. The lowest BCUT2D eigenvalue weighted by atomic mass is 9.98. The van der Waals surface area contributed by atoms with Crippen LogP contribution in [0.1, 0.15) is 78.0 Å². The minimum absolute atomic E-state index is 0.121. The van der Waals surface area contributed by atoms with Crippen molar-refractivity contribution in [1.29, 1.82) is 0 Å². The van der Waals surface area contributed by atoms with Crippen LogP contribution in [0.25, 0.3) is 10.9 Å². The van der Waals surface area contributed by atoms with E-state index in [0.717, 1.165) is 33.3 Å². The summed E-state index contributed by atoms with van der Waals surface area (Å²) in [5.41, 5.74) is 6.87. The fourth-order valence-electron chi connectivity index (χ4n) is 4.73. The number of benzene rings is 3. The predicted octanol–water partition coefficient (Wildman–Crippen LogP) is 7.43. The number of hydrogen-bond acceptors (Lipinski definition) is 3. The Morgan fingerprint density at radius 1 is 0.974 bits per heavy atom. The number of carbonyl (C=O) groups excluding carboxylic acids is 1. The first-order chi connectivity index (χ1) is 18.5. The van der Waals surface area contributed by atoms with E-state index < -0.39 is 12.1 Å². The molecule has 7 heteroatoms. The summed E-state index contributed by atoms with van der Waals surface area (Å²) >= 11 is 6.63. The monoisotopic (exact) mass is 546 g/mol. The van der Waals surface area contributed by atoms with Gasteiger partial charge in [0.25, 0.3) is 5.91 Å². The molecule has 6 nitrogen and oxygen atoms in total. The van der Waals surface area contributed by atoms with Crippen LogP contribution in [0.5, 0.6) is 5.75 Å². The zero-order valence-electron chi connectivity index (χ0n) is 23.2. The molecule has 0 bridgehead atoms. The molecule has 0 aliphatic heterocycles. The van der Waals surface area contributed by atoms with Crippen LogP contribution in [0.2, 0.25) is 5.02 Å². The van der Waals surface area contributed by atoms with E-state index in [9.17, 15) is 14.7 Å². The quantitative estimate of drug-likeness (QED) is 0.229. The lowest BCUT2D eigenvalue weighted by molar-refractivity contribution is -0.144. The number of aryl methyl sites for hydroxylation is 1. The summed E-state index contributed by atoms with van der Waals surface area (Å²) in [6, 6.07) is 19.3. The first-order valence-electron chi connectivity index (χ1n) is 13.1. The molecule has 2 atom stereocenters. The fourth-order valence-corrected chi connectivity index (χ4v) is 4.96. The van der Waals surface area contributed by atoms with E-state index >= 15 is 0 Å². The van der Waals surface area contributed by atoms with Crippen LogP contribution in [0.3, 0.4) is 0 Å². The van der Waals surface area contributed by atoms with Gasteiger partial charge in [-0.25, -0.2) is 4.79 Å². The average molecular weight is 547 g/mol. The number of nitrogens with one attached hydrogen (secondary N) is 1. The van der Waals surface area contributed by atoms with Crippen molar-refractivity contribution in [1.82, 2.24) is 9.88 Å². The summed E-state index contributed by atoms with van der Waals surface area (Å²) in [6.45, 7) is 12.3. The Labute approximate surface area is 234 Å². The van der Waals surface area contributed by atoms with Gasteiger partial charge in [-0.2, -0.15) is 0 Å². The Balaban J connectivity index is 1.59. The van der Waals surface area contributed by atoms with Crippen molar-refractivity contribution in [2.24, 2.45) is 0 Å². The summed E-state index contributed by atoms with van der Waals surface area (Å²) in [6.07, 6.45) is -1.01. The van der Waals surface area contributed by atoms with Gasteiger partial charge in [0.05, 0.1) is 11.1 Å². The SMILES string of the molecule is Cc1c(C)n(Cc2cccc(OC(C)C(=O)O)c2Cl)c2ccc(C(=O)N[C@@H](C)c3cccc(C(C)C)c3)cc12. The number of rotatable bonds is 9. The van der Waals surface area contributed by atoms with Gasteiger partial charge >= 0.3 is 5.97 Å². The molecule has 204 valence electrons. The predicted molar refractivity (Wildman–Crippen MR) is 156 cm³/mol. The number of nitrogens with zero attached hydrogens (tertiary/aromatic N) is 1. The van der Waals surface area contributed by atoms with Crippen molar-refractivity contribution in [2.75, 3.05) is 0 Å². The van der Waals surface area contributed by atoms with Crippen molar-refractivity contribution in [2.45, 2.75) is 66.2 Å². The van der Waals surface area contributed by atoms with Crippen LogP contribution in [-0.2, 0) is 11.3 Å². The molecule has 0 saturated heterocycles. The van der Waals surface area contributed by atoms with Gasteiger partial charge in [0.15, 0.2) is 6.10 Å². The van der Waals surface area contributed by atoms with E-state index in [-0.39, 0.29) is 11.9 Å². The van der Waals surface area contributed by atoms with Crippen LogP contribution >= 0.6 is 11.6 Å². The largest absolute Gasteiger partial charge is 0.479 e. The lowest BCUT2D eigenvalue weighted by Gasteiger charge is -2.17. The smallest absolute Gasteiger partial charge is 0.344 e. The summed E-state index contributed by atoms with van der Waals surface area (Å²) in [5.74, 6) is -0.423. The Morgan fingerprint density at radius 3 is 2.36 bits per heavy atom. The third kappa shape index (κ3) is 5.96. The Hall–Kier alpha value is -3.77. The van der Waals surface area contributed by atoms with Gasteiger partial charge in [-0.3, -0.25) is 4.79 Å². The highest BCUT2D eigenvalue weighted by molar-refractivity contribution is 6.32. The van der Waals surface area contributed by atoms with Gasteiger partial charge in [-0.1, -0.05) is 61.8 Å². The molecule has 0 radical (unpaired) electrons. The zero-order valence-corrected chi connectivity index (χ0v) is 24.0. The summed E-state index contributed by atoms with van der Waals surface area (Å²) < 4.78 is 7.70. The number of aromatic nitrogens is 1. The third-order valence-electron chi connectivity index (χ3n) is 7.35. The van der Waals surface area contributed by atoms with Gasteiger partial charge in [0, 0.05) is 28.7 Å². The maximum atomic E-state index is 13.2. The normalized spacial score (nSPS) is 12.9. The highest BCUT2D eigenvalue weighted by Gasteiger charge is 2.19. The number of carbonyl (C=O) groups is 2. The summed E-state index contributed by atoms with van der Waals surface area (Å²) in [4.78, 5) is 24.4. The maximum absolute atomic E-state index is 13.2. The second-order valence-electron chi connectivity index (χ2n) is 10.4. The van der Waals surface area contributed by atoms with E-state index in [1.165, 1.54) is 12.5 Å². The molecule has 4 aromatic rings. The van der Waals surface area contributed by atoms with Gasteiger partial charge < -0.3 is 19.7 Å². The second-order valence-corrected chi connectivity index (χ2v) is 10.8. The number of aliphatic carboxylic acids is 1. The van der Waals surface area contributed by atoms with Gasteiger partial charge in [-0.15, -0.1) is 0 Å². The van der Waals surface area contributed by atoms with E-state index in [1.54, 1.807) is 12.1 Å². The molecule has 0 saturated carbocycles. The molecule has 0 spiro atoms. The van der Waals surface area contributed by atoms with E-state index in [1.807, 2.05) is 57.2 Å². The van der Waals surface area contributed by atoms with Crippen LogP contribution in [0, 0.1) is 13.8 Å². The Morgan fingerprint density at radius 2 is 1.67 bits per heavy atom. The van der Waals surface area contributed by atoms with Gasteiger partial charge in [0.1, 0.15) is 5.75 Å². The molecule has 1 aromatic heterocycles. The second kappa shape index (κ2) is 11.5. The van der Waals surface area contributed by atoms with E-state index in [2.05, 4.69) is 35.9 Å². The third-order valence-corrected chi connectivity index (χ3v) is 7.78. The minimum Gasteiger partial charge on any atom is -0.479 e. The molecule has 39 heavy (non-hydrogen) atoms. The molecule has 0 aliphatic rings. The number of ether oxygens (including phenoxy) is 1. The topological polar surface area (TPSA) is 80.6 Å². The van der Waals surface area contributed by atoms with Crippen molar-refractivity contribution < 1.29 is 19.4 Å². The van der Waals surface area contributed by atoms with Crippen LogP contribution in [0.4, 0.5) is 0 Å². The maximum Gasteiger partial charge on any atom is 0.344 e. The number of halogens is 1. The van der Waals surface area contributed by atoms with Crippen LogP contribution < -0.4 is 10.1 Å². The molecule has 0 fully saturated rings. The molecule has 0 aliphatic carbocycles. The van der Waals surface area contributed by atoms with Crippen LogP contribution in [-0.4, -0.2) is 27.7 Å². The average Bonchev–Trinajstić information content (AvgIpc) is 3.14. The minimum atomic E-state index is -1.06. The number of carboxylic acids is 1. The molecule has 3 aromatic carbocycles. The van der Waals surface area contributed by atoms with Crippen molar-refractivity contribution >= 4 is 34.4 Å². The molecular formula is C32H35ClN2O4. The Kier molecular flexibility index (Phi) is 8.36. The fraction of sp³-hybridized carbons (Fsp3) is 0.312. The summed E-state index contributed by atoms with van der Waals surface area (Å²) in [7, 11) is 0. The molecule has 1 unspecified atom stereocenters. The number of amides is 1. The highest BCUT2D eigenvalue weighted by Crippen LogP contribution is 2.33. The number of carboxylic acid groups (broad SMARTS) is 1. The molecule has 2 N–H and O–H groups in total.